The number of aliphatic hydroxyl groups excluding tert-OH is 1. The molecule has 0 spiro atoms. The maximum Gasteiger partial charge on any atom is 0.126 e. The van der Waals surface area contributed by atoms with Crippen LogP contribution in [0.3, 0.4) is 0 Å². The van der Waals surface area contributed by atoms with Gasteiger partial charge in [0, 0.05) is 24.3 Å². The Morgan fingerprint density at radius 3 is 2.45 bits per heavy atom. The normalized spacial score (nSPS) is 12.6. The molecule has 1 unspecified atom stereocenters. The first kappa shape index (κ1) is 16.8. The number of hydrogen-bond acceptors (Lipinski definition) is 4. The van der Waals surface area contributed by atoms with Crippen LogP contribution in [0.2, 0.25) is 0 Å². The van der Waals surface area contributed by atoms with E-state index in [2.05, 4.69) is 36.9 Å². The highest BCUT2D eigenvalue weighted by molar-refractivity contribution is 5.60. The topological polar surface area (TPSA) is 35.9 Å². The fourth-order valence-electron chi connectivity index (χ4n) is 2.43. The molecule has 0 aliphatic heterocycles. The van der Waals surface area contributed by atoms with Crippen molar-refractivity contribution in [3.63, 3.8) is 0 Å². The summed E-state index contributed by atoms with van der Waals surface area (Å²) >= 11 is 0. The van der Waals surface area contributed by atoms with Crippen LogP contribution in [0, 0.1) is 0 Å². The highest BCUT2D eigenvalue weighted by atomic mass is 16.5. The summed E-state index contributed by atoms with van der Waals surface area (Å²) in [6.07, 6.45) is 0.557. The summed E-state index contributed by atoms with van der Waals surface area (Å²) in [5.74, 6) is 0.753. The van der Waals surface area contributed by atoms with Gasteiger partial charge in [0.2, 0.25) is 0 Å². The monoisotopic (exact) mass is 280 g/mol. The molecular formula is C16H28N2O2. The second kappa shape index (κ2) is 8.12. The van der Waals surface area contributed by atoms with Gasteiger partial charge in [-0.05, 0) is 53.0 Å². The Balaban J connectivity index is 2.96. The lowest BCUT2D eigenvalue weighted by atomic mass is 10.1. The molecule has 0 fully saturated rings. The van der Waals surface area contributed by atoms with Gasteiger partial charge < -0.3 is 19.6 Å². The van der Waals surface area contributed by atoms with E-state index in [0.29, 0.717) is 0 Å². The summed E-state index contributed by atoms with van der Waals surface area (Å²) in [7, 11) is 5.82. The maximum absolute atomic E-state index is 10.1. The Morgan fingerprint density at radius 1 is 1.25 bits per heavy atom. The molecule has 1 atom stereocenters. The van der Waals surface area contributed by atoms with Crippen LogP contribution in [0.1, 0.15) is 31.9 Å². The van der Waals surface area contributed by atoms with E-state index in [0.717, 1.165) is 43.1 Å². The Hall–Kier alpha value is -1.26. The average molecular weight is 280 g/mol. The van der Waals surface area contributed by atoms with E-state index in [-0.39, 0.29) is 0 Å². The SMILES string of the molecule is CCN(CCCN(C)C)c1cccc(OC)c1C(C)O. The summed E-state index contributed by atoms with van der Waals surface area (Å²) in [6, 6.07) is 5.94. The van der Waals surface area contributed by atoms with E-state index in [1.807, 2.05) is 12.1 Å². The molecule has 1 N–H and O–H groups in total. The van der Waals surface area contributed by atoms with Crippen LogP contribution < -0.4 is 9.64 Å². The van der Waals surface area contributed by atoms with Gasteiger partial charge in [0.15, 0.2) is 0 Å². The van der Waals surface area contributed by atoms with E-state index >= 15 is 0 Å². The molecule has 0 radical (unpaired) electrons. The Morgan fingerprint density at radius 2 is 1.95 bits per heavy atom. The van der Waals surface area contributed by atoms with Crippen molar-refractivity contribution in [3.05, 3.63) is 23.8 Å². The van der Waals surface area contributed by atoms with Crippen LogP contribution in [0.25, 0.3) is 0 Å². The van der Waals surface area contributed by atoms with Gasteiger partial charge in [0.25, 0.3) is 0 Å². The number of aliphatic hydroxyl groups is 1. The summed E-state index contributed by atoms with van der Waals surface area (Å²) in [4.78, 5) is 4.49. The Kier molecular flexibility index (Phi) is 6.82. The van der Waals surface area contributed by atoms with Crippen molar-refractivity contribution in [2.45, 2.75) is 26.4 Å². The first-order valence-corrected chi connectivity index (χ1v) is 7.25. The number of ether oxygens (including phenoxy) is 1. The van der Waals surface area contributed by atoms with Crippen molar-refractivity contribution in [1.82, 2.24) is 4.90 Å². The van der Waals surface area contributed by atoms with Crippen LogP contribution >= 0.6 is 0 Å². The molecular weight excluding hydrogens is 252 g/mol. The minimum Gasteiger partial charge on any atom is -0.496 e. The number of rotatable bonds is 8. The van der Waals surface area contributed by atoms with Gasteiger partial charge in [-0.25, -0.2) is 0 Å². The van der Waals surface area contributed by atoms with Gasteiger partial charge >= 0.3 is 0 Å². The van der Waals surface area contributed by atoms with E-state index in [9.17, 15) is 5.11 Å². The molecule has 0 aliphatic carbocycles. The number of anilines is 1. The zero-order valence-electron chi connectivity index (χ0n) is 13.4. The van der Waals surface area contributed by atoms with Gasteiger partial charge in [-0.15, -0.1) is 0 Å². The van der Waals surface area contributed by atoms with E-state index in [1.165, 1.54) is 0 Å². The predicted octanol–water partition coefficient (Wildman–Crippen LogP) is 2.53. The van der Waals surface area contributed by atoms with E-state index in [1.54, 1.807) is 14.0 Å². The lowest BCUT2D eigenvalue weighted by Crippen LogP contribution is -2.28. The van der Waals surface area contributed by atoms with Gasteiger partial charge in [-0.3, -0.25) is 0 Å². The average Bonchev–Trinajstić information content (AvgIpc) is 2.42. The smallest absolute Gasteiger partial charge is 0.126 e. The number of hydrogen-bond donors (Lipinski definition) is 1. The number of nitrogens with zero attached hydrogens (tertiary/aromatic N) is 2. The van der Waals surface area contributed by atoms with Crippen LogP contribution in [0.4, 0.5) is 5.69 Å². The summed E-state index contributed by atoms with van der Waals surface area (Å²) in [6.45, 7) is 6.88. The second-order valence-electron chi connectivity index (χ2n) is 5.31. The molecule has 114 valence electrons. The molecule has 0 bridgehead atoms. The molecule has 1 rings (SSSR count). The standard InChI is InChI=1S/C16H28N2O2/c1-6-18(12-8-11-17(3)4)14-9-7-10-15(20-5)16(14)13(2)19/h7,9-10,13,19H,6,8,11-12H2,1-5H3. The van der Waals surface area contributed by atoms with Gasteiger partial charge in [-0.1, -0.05) is 6.07 Å². The molecule has 0 aromatic heterocycles. The number of benzene rings is 1. The van der Waals surface area contributed by atoms with Gasteiger partial charge in [0.05, 0.1) is 13.2 Å². The van der Waals surface area contributed by atoms with Crippen molar-refractivity contribution in [2.24, 2.45) is 0 Å². The molecule has 20 heavy (non-hydrogen) atoms. The highest BCUT2D eigenvalue weighted by Crippen LogP contribution is 2.34. The maximum atomic E-state index is 10.1. The molecule has 0 saturated carbocycles. The minimum absolute atomic E-state index is 0.538. The van der Waals surface area contributed by atoms with Crippen LogP contribution in [-0.2, 0) is 0 Å². The predicted molar refractivity (Wildman–Crippen MR) is 84.7 cm³/mol. The molecule has 1 aromatic carbocycles. The zero-order valence-corrected chi connectivity index (χ0v) is 13.4. The quantitative estimate of drug-likeness (QED) is 0.794. The van der Waals surface area contributed by atoms with Crippen molar-refractivity contribution in [2.75, 3.05) is 45.7 Å². The number of methoxy groups -OCH3 is 1. The third-order valence-corrected chi connectivity index (χ3v) is 3.44. The van der Waals surface area contributed by atoms with Gasteiger partial charge in [0.1, 0.15) is 5.75 Å². The molecule has 0 amide bonds. The third kappa shape index (κ3) is 4.39. The third-order valence-electron chi connectivity index (χ3n) is 3.44. The fraction of sp³-hybridized carbons (Fsp3) is 0.625. The zero-order chi connectivity index (χ0) is 15.1. The minimum atomic E-state index is -0.538. The lowest BCUT2D eigenvalue weighted by Gasteiger charge is -2.28. The molecule has 0 aliphatic rings. The van der Waals surface area contributed by atoms with Crippen molar-refractivity contribution >= 4 is 5.69 Å². The Labute approximate surface area is 123 Å². The van der Waals surface area contributed by atoms with Crippen molar-refractivity contribution in [3.8, 4) is 5.75 Å². The van der Waals surface area contributed by atoms with E-state index in [4.69, 9.17) is 4.74 Å². The molecule has 4 heteroatoms. The molecule has 1 aromatic rings. The lowest BCUT2D eigenvalue weighted by molar-refractivity contribution is 0.194. The van der Waals surface area contributed by atoms with Crippen molar-refractivity contribution in [1.29, 1.82) is 0 Å². The van der Waals surface area contributed by atoms with E-state index < -0.39 is 6.10 Å². The fourth-order valence-corrected chi connectivity index (χ4v) is 2.43. The van der Waals surface area contributed by atoms with Crippen LogP contribution in [-0.4, -0.2) is 50.8 Å². The Bertz CT molecular complexity index is 405. The molecule has 0 heterocycles. The first-order valence-electron chi connectivity index (χ1n) is 7.25. The highest BCUT2D eigenvalue weighted by Gasteiger charge is 2.17. The van der Waals surface area contributed by atoms with Crippen molar-refractivity contribution < 1.29 is 9.84 Å². The van der Waals surface area contributed by atoms with Gasteiger partial charge in [-0.2, -0.15) is 0 Å². The molecule has 4 nitrogen and oxygen atoms in total. The molecule has 0 saturated heterocycles. The summed E-state index contributed by atoms with van der Waals surface area (Å²) in [5, 5.41) is 10.1. The van der Waals surface area contributed by atoms with Crippen LogP contribution in [0.15, 0.2) is 18.2 Å². The van der Waals surface area contributed by atoms with Crippen LogP contribution in [0.5, 0.6) is 5.75 Å². The second-order valence-corrected chi connectivity index (χ2v) is 5.31. The largest absolute Gasteiger partial charge is 0.496 e. The first-order chi connectivity index (χ1) is 9.51. The summed E-state index contributed by atoms with van der Waals surface area (Å²) in [5.41, 5.74) is 1.95. The summed E-state index contributed by atoms with van der Waals surface area (Å²) < 4.78 is 5.39.